The highest BCUT2D eigenvalue weighted by Crippen LogP contribution is 2.23. The maximum absolute atomic E-state index is 12.0. The molecule has 0 fully saturated rings. The van der Waals surface area contributed by atoms with E-state index >= 15 is 0 Å². The van der Waals surface area contributed by atoms with Gasteiger partial charge in [-0.3, -0.25) is 9.59 Å². The lowest BCUT2D eigenvalue weighted by Crippen LogP contribution is -2.27. The standard InChI is InChI=1S/C18H19ClN2O3/c1-2-24-16-10-6-5-9-15(16)21-17(22)11-12-20-18(23)13-7-3-4-8-14(13)19/h3-10H,2,11-12H2,1H3,(H,20,23)(H,21,22). The van der Waals surface area contributed by atoms with Crippen molar-refractivity contribution in [3.05, 3.63) is 59.1 Å². The normalized spacial score (nSPS) is 10.1. The summed E-state index contributed by atoms with van der Waals surface area (Å²) in [4.78, 5) is 24.0. The average molecular weight is 347 g/mol. The van der Waals surface area contributed by atoms with Crippen LogP contribution in [0.1, 0.15) is 23.7 Å². The fourth-order valence-electron chi connectivity index (χ4n) is 2.09. The van der Waals surface area contributed by atoms with Crippen LogP contribution in [0.25, 0.3) is 0 Å². The SMILES string of the molecule is CCOc1ccccc1NC(=O)CCNC(=O)c1ccccc1Cl. The Morgan fingerprint density at radius 3 is 2.54 bits per heavy atom. The molecule has 0 aliphatic carbocycles. The van der Waals surface area contributed by atoms with Gasteiger partial charge in [-0.25, -0.2) is 0 Å². The van der Waals surface area contributed by atoms with E-state index in [1.165, 1.54) is 0 Å². The second kappa shape index (κ2) is 8.93. The van der Waals surface area contributed by atoms with Crippen LogP contribution in [0.5, 0.6) is 5.75 Å². The van der Waals surface area contributed by atoms with E-state index in [0.717, 1.165) is 0 Å². The molecule has 0 aliphatic rings. The number of anilines is 1. The predicted molar refractivity (Wildman–Crippen MR) is 94.6 cm³/mol. The number of para-hydroxylation sites is 2. The van der Waals surface area contributed by atoms with E-state index in [4.69, 9.17) is 16.3 Å². The van der Waals surface area contributed by atoms with Crippen LogP contribution in [-0.2, 0) is 4.79 Å². The van der Waals surface area contributed by atoms with Gasteiger partial charge in [-0.05, 0) is 31.2 Å². The highest BCUT2D eigenvalue weighted by molar-refractivity contribution is 6.33. The summed E-state index contributed by atoms with van der Waals surface area (Å²) in [7, 11) is 0. The van der Waals surface area contributed by atoms with Gasteiger partial charge in [0, 0.05) is 13.0 Å². The molecule has 0 saturated carbocycles. The quantitative estimate of drug-likeness (QED) is 0.806. The van der Waals surface area contributed by atoms with Gasteiger partial charge in [0.05, 0.1) is 22.9 Å². The van der Waals surface area contributed by atoms with Gasteiger partial charge in [-0.15, -0.1) is 0 Å². The van der Waals surface area contributed by atoms with Gasteiger partial charge in [-0.2, -0.15) is 0 Å². The summed E-state index contributed by atoms with van der Waals surface area (Å²) in [6, 6.07) is 14.0. The molecule has 24 heavy (non-hydrogen) atoms. The molecule has 2 aromatic rings. The van der Waals surface area contributed by atoms with Crippen molar-refractivity contribution in [3.63, 3.8) is 0 Å². The molecule has 0 spiro atoms. The fourth-order valence-corrected chi connectivity index (χ4v) is 2.32. The molecular weight excluding hydrogens is 328 g/mol. The predicted octanol–water partition coefficient (Wildman–Crippen LogP) is 3.50. The summed E-state index contributed by atoms with van der Waals surface area (Å²) in [5.41, 5.74) is 1.00. The van der Waals surface area contributed by atoms with Crippen molar-refractivity contribution in [1.29, 1.82) is 0 Å². The van der Waals surface area contributed by atoms with Crippen molar-refractivity contribution in [1.82, 2.24) is 5.32 Å². The smallest absolute Gasteiger partial charge is 0.252 e. The molecule has 2 N–H and O–H groups in total. The second-order valence-corrected chi connectivity index (χ2v) is 5.37. The maximum Gasteiger partial charge on any atom is 0.252 e. The third kappa shape index (κ3) is 4.99. The summed E-state index contributed by atoms with van der Waals surface area (Å²) >= 11 is 5.96. The molecule has 0 saturated heterocycles. The average Bonchev–Trinajstić information content (AvgIpc) is 2.57. The first-order valence-corrected chi connectivity index (χ1v) is 8.04. The van der Waals surface area contributed by atoms with Crippen molar-refractivity contribution < 1.29 is 14.3 Å². The van der Waals surface area contributed by atoms with Gasteiger partial charge in [0.1, 0.15) is 5.75 Å². The van der Waals surface area contributed by atoms with Crippen LogP contribution in [-0.4, -0.2) is 25.0 Å². The molecule has 2 rings (SSSR count). The largest absolute Gasteiger partial charge is 0.492 e. The highest BCUT2D eigenvalue weighted by atomic mass is 35.5. The van der Waals surface area contributed by atoms with Crippen LogP contribution in [0.3, 0.4) is 0 Å². The first-order valence-electron chi connectivity index (χ1n) is 7.66. The molecule has 0 heterocycles. The highest BCUT2D eigenvalue weighted by Gasteiger charge is 2.11. The first-order chi connectivity index (χ1) is 11.6. The number of hydrogen-bond donors (Lipinski definition) is 2. The molecule has 0 bridgehead atoms. The Morgan fingerprint density at radius 2 is 1.79 bits per heavy atom. The lowest BCUT2D eigenvalue weighted by molar-refractivity contribution is -0.116. The third-order valence-corrected chi connectivity index (χ3v) is 3.55. The molecule has 126 valence electrons. The van der Waals surface area contributed by atoms with E-state index in [0.29, 0.717) is 28.6 Å². The Bertz CT molecular complexity index is 719. The van der Waals surface area contributed by atoms with Crippen LogP contribution >= 0.6 is 11.6 Å². The summed E-state index contributed by atoms with van der Waals surface area (Å²) in [5, 5.41) is 5.84. The van der Waals surface area contributed by atoms with Crippen molar-refractivity contribution in [2.75, 3.05) is 18.5 Å². The molecule has 2 amide bonds. The van der Waals surface area contributed by atoms with Crippen molar-refractivity contribution >= 4 is 29.1 Å². The first kappa shape index (κ1) is 17.8. The van der Waals surface area contributed by atoms with Crippen LogP contribution in [0.15, 0.2) is 48.5 Å². The van der Waals surface area contributed by atoms with Crippen LogP contribution in [0.4, 0.5) is 5.69 Å². The molecule has 0 radical (unpaired) electrons. The number of hydrogen-bond acceptors (Lipinski definition) is 3. The molecule has 0 unspecified atom stereocenters. The van der Waals surface area contributed by atoms with Gasteiger partial charge in [0.15, 0.2) is 0 Å². The van der Waals surface area contributed by atoms with Gasteiger partial charge >= 0.3 is 0 Å². The number of rotatable bonds is 7. The molecule has 0 aromatic heterocycles. The van der Waals surface area contributed by atoms with E-state index < -0.39 is 0 Å². The topological polar surface area (TPSA) is 67.4 Å². The summed E-state index contributed by atoms with van der Waals surface area (Å²) in [6.45, 7) is 2.61. The zero-order valence-corrected chi connectivity index (χ0v) is 14.1. The molecule has 2 aromatic carbocycles. The number of carbonyl (C=O) groups is 2. The van der Waals surface area contributed by atoms with Crippen molar-refractivity contribution in [3.8, 4) is 5.75 Å². The Hall–Kier alpha value is -2.53. The van der Waals surface area contributed by atoms with Gasteiger partial charge in [0.25, 0.3) is 5.91 Å². The maximum atomic E-state index is 12.0. The summed E-state index contributed by atoms with van der Waals surface area (Å²) in [6.07, 6.45) is 0.149. The van der Waals surface area contributed by atoms with Crippen molar-refractivity contribution in [2.45, 2.75) is 13.3 Å². The summed E-state index contributed by atoms with van der Waals surface area (Å²) < 4.78 is 5.45. The van der Waals surface area contributed by atoms with E-state index in [-0.39, 0.29) is 24.8 Å². The molecular formula is C18H19ClN2O3. The van der Waals surface area contributed by atoms with E-state index in [1.807, 2.05) is 19.1 Å². The lowest BCUT2D eigenvalue weighted by Gasteiger charge is -2.11. The van der Waals surface area contributed by atoms with Gasteiger partial charge in [-0.1, -0.05) is 35.9 Å². The Morgan fingerprint density at radius 1 is 1.08 bits per heavy atom. The minimum Gasteiger partial charge on any atom is -0.492 e. The van der Waals surface area contributed by atoms with Crippen LogP contribution in [0.2, 0.25) is 5.02 Å². The van der Waals surface area contributed by atoms with Crippen LogP contribution < -0.4 is 15.4 Å². The Kier molecular flexibility index (Phi) is 6.63. The number of benzene rings is 2. The molecule has 0 aliphatic heterocycles. The third-order valence-electron chi connectivity index (χ3n) is 3.22. The fraction of sp³-hybridized carbons (Fsp3) is 0.222. The van der Waals surface area contributed by atoms with Crippen molar-refractivity contribution in [2.24, 2.45) is 0 Å². The zero-order valence-electron chi connectivity index (χ0n) is 13.3. The Balaban J connectivity index is 1.84. The minimum atomic E-state index is -0.303. The molecule has 5 nitrogen and oxygen atoms in total. The van der Waals surface area contributed by atoms with E-state index in [9.17, 15) is 9.59 Å². The number of carbonyl (C=O) groups excluding carboxylic acids is 2. The second-order valence-electron chi connectivity index (χ2n) is 4.96. The Labute approximate surface area is 146 Å². The number of amides is 2. The summed E-state index contributed by atoms with van der Waals surface area (Å²) in [5.74, 6) is 0.109. The monoisotopic (exact) mass is 346 g/mol. The molecule has 6 heteroatoms. The lowest BCUT2D eigenvalue weighted by atomic mass is 10.2. The van der Waals surface area contributed by atoms with Gasteiger partial charge in [0.2, 0.25) is 5.91 Å². The van der Waals surface area contributed by atoms with E-state index in [2.05, 4.69) is 10.6 Å². The minimum absolute atomic E-state index is 0.149. The van der Waals surface area contributed by atoms with Crippen LogP contribution in [0, 0.1) is 0 Å². The number of ether oxygens (including phenoxy) is 1. The van der Waals surface area contributed by atoms with E-state index in [1.54, 1.807) is 36.4 Å². The number of halogens is 1. The zero-order chi connectivity index (χ0) is 17.4. The molecule has 0 atom stereocenters. The van der Waals surface area contributed by atoms with Gasteiger partial charge < -0.3 is 15.4 Å². The number of nitrogens with one attached hydrogen (secondary N) is 2.